The predicted molar refractivity (Wildman–Crippen MR) is 134 cm³/mol. The fourth-order valence-electron chi connectivity index (χ4n) is 3.93. The minimum atomic E-state index is -0.385. The molecule has 6 nitrogen and oxygen atoms in total. The van der Waals surface area contributed by atoms with E-state index in [1.54, 1.807) is 18.2 Å². The van der Waals surface area contributed by atoms with Gasteiger partial charge in [-0.25, -0.2) is 0 Å². The van der Waals surface area contributed by atoms with Crippen molar-refractivity contribution in [3.63, 3.8) is 0 Å². The van der Waals surface area contributed by atoms with Crippen LogP contribution in [-0.2, 0) is 16.1 Å². The Bertz CT molecular complexity index is 974. The Labute approximate surface area is 205 Å². The summed E-state index contributed by atoms with van der Waals surface area (Å²) in [6.45, 7) is 3.88. The van der Waals surface area contributed by atoms with Crippen LogP contribution in [-0.4, -0.2) is 48.4 Å². The van der Waals surface area contributed by atoms with Gasteiger partial charge < -0.3 is 21.3 Å². The second-order valence-electron chi connectivity index (χ2n) is 8.31. The third-order valence-electron chi connectivity index (χ3n) is 5.54. The van der Waals surface area contributed by atoms with Crippen molar-refractivity contribution >= 4 is 41.1 Å². The summed E-state index contributed by atoms with van der Waals surface area (Å²) < 4.78 is 0. The highest BCUT2D eigenvalue weighted by molar-refractivity contribution is 6.30. The van der Waals surface area contributed by atoms with Crippen LogP contribution in [0.15, 0.2) is 48.5 Å². The van der Waals surface area contributed by atoms with E-state index < -0.39 is 0 Å². The Balaban J connectivity index is 1.60. The van der Waals surface area contributed by atoms with Crippen LogP contribution in [0.3, 0.4) is 0 Å². The molecule has 2 aromatic rings. The van der Waals surface area contributed by atoms with E-state index in [1.807, 2.05) is 42.2 Å². The maximum absolute atomic E-state index is 13.1. The maximum atomic E-state index is 13.1. The molecule has 1 saturated heterocycles. The molecule has 1 aliphatic heterocycles. The molecule has 0 bridgehead atoms. The number of hydrogen-bond acceptors (Lipinski definition) is 4. The first-order valence-electron chi connectivity index (χ1n) is 11.1. The van der Waals surface area contributed by atoms with Crippen molar-refractivity contribution < 1.29 is 9.59 Å². The minimum Gasteiger partial charge on any atom is -0.351 e. The van der Waals surface area contributed by atoms with E-state index in [-0.39, 0.29) is 23.9 Å². The first-order chi connectivity index (χ1) is 15.8. The zero-order valence-corrected chi connectivity index (χ0v) is 20.2. The lowest BCUT2D eigenvalue weighted by molar-refractivity contribution is -0.133. The van der Waals surface area contributed by atoms with Crippen molar-refractivity contribution in [1.82, 2.24) is 15.5 Å². The van der Waals surface area contributed by atoms with Gasteiger partial charge in [-0.05, 0) is 73.3 Å². The Morgan fingerprint density at radius 2 is 1.97 bits per heavy atom. The Kier molecular flexibility index (Phi) is 9.32. The van der Waals surface area contributed by atoms with Crippen LogP contribution in [0.25, 0.3) is 6.08 Å². The van der Waals surface area contributed by atoms with Gasteiger partial charge in [0.05, 0.1) is 6.04 Å². The summed E-state index contributed by atoms with van der Waals surface area (Å²) in [5, 5.41) is 7.63. The van der Waals surface area contributed by atoms with Gasteiger partial charge in [0.25, 0.3) is 0 Å². The zero-order valence-electron chi connectivity index (χ0n) is 18.7. The summed E-state index contributed by atoms with van der Waals surface area (Å²) in [7, 11) is 0. The van der Waals surface area contributed by atoms with E-state index >= 15 is 0 Å². The van der Waals surface area contributed by atoms with Crippen molar-refractivity contribution in [3.05, 3.63) is 75.3 Å². The summed E-state index contributed by atoms with van der Waals surface area (Å²) in [5.41, 5.74) is 8.72. The van der Waals surface area contributed by atoms with Crippen LogP contribution in [0, 0.1) is 6.92 Å². The average molecular weight is 489 g/mol. The summed E-state index contributed by atoms with van der Waals surface area (Å²) >= 11 is 12.1. The van der Waals surface area contributed by atoms with Crippen molar-refractivity contribution in [1.29, 1.82) is 0 Å². The Hall–Kier alpha value is -2.38. The summed E-state index contributed by atoms with van der Waals surface area (Å²) in [5.74, 6) is -0.168. The summed E-state index contributed by atoms with van der Waals surface area (Å²) in [6.07, 6.45) is 4.48. The highest BCUT2D eigenvalue weighted by atomic mass is 35.5. The second-order valence-corrected chi connectivity index (χ2v) is 9.18. The zero-order chi connectivity index (χ0) is 23.8. The molecule has 2 aromatic carbocycles. The van der Waals surface area contributed by atoms with Crippen LogP contribution in [0.5, 0.6) is 0 Å². The van der Waals surface area contributed by atoms with Crippen LogP contribution in [0.1, 0.15) is 29.5 Å². The Morgan fingerprint density at radius 1 is 1.21 bits per heavy atom. The molecule has 1 fully saturated rings. The van der Waals surface area contributed by atoms with Gasteiger partial charge in [-0.3, -0.25) is 9.59 Å². The number of amides is 2. The molecule has 2 amide bonds. The van der Waals surface area contributed by atoms with E-state index in [4.69, 9.17) is 28.9 Å². The molecule has 176 valence electrons. The van der Waals surface area contributed by atoms with Gasteiger partial charge in [0.15, 0.2) is 0 Å². The molecule has 3 rings (SSSR count). The Morgan fingerprint density at radius 3 is 2.67 bits per heavy atom. The van der Waals surface area contributed by atoms with Gasteiger partial charge >= 0.3 is 0 Å². The first-order valence-corrected chi connectivity index (χ1v) is 11.8. The fraction of sp³-hybridized carbons (Fsp3) is 0.360. The minimum absolute atomic E-state index is 0.0227. The number of carbonyl (C=O) groups is 2. The van der Waals surface area contributed by atoms with Gasteiger partial charge in [-0.1, -0.05) is 41.4 Å². The van der Waals surface area contributed by atoms with Gasteiger partial charge in [-0.15, -0.1) is 0 Å². The summed E-state index contributed by atoms with van der Waals surface area (Å²) in [6, 6.07) is 12.7. The first kappa shape index (κ1) is 25.2. The lowest BCUT2D eigenvalue weighted by Gasteiger charge is -2.24. The molecule has 33 heavy (non-hydrogen) atoms. The number of hydrogen-bond donors (Lipinski definition) is 3. The molecular weight excluding hydrogens is 459 g/mol. The predicted octanol–water partition coefficient (Wildman–Crippen LogP) is 3.54. The molecule has 0 spiro atoms. The molecule has 2 unspecified atom stereocenters. The molecule has 8 heteroatoms. The van der Waals surface area contributed by atoms with Gasteiger partial charge in [0.1, 0.15) is 0 Å². The normalized spacial score (nSPS) is 19.0. The third kappa shape index (κ3) is 7.86. The monoisotopic (exact) mass is 488 g/mol. The number of nitrogens with zero attached hydrogens (tertiary/aromatic N) is 1. The van der Waals surface area contributed by atoms with Crippen molar-refractivity contribution in [2.24, 2.45) is 5.73 Å². The summed E-state index contributed by atoms with van der Waals surface area (Å²) in [4.78, 5) is 27.3. The molecule has 0 aromatic heterocycles. The third-order valence-corrected chi connectivity index (χ3v) is 6.01. The topological polar surface area (TPSA) is 87.5 Å². The van der Waals surface area contributed by atoms with Crippen LogP contribution in [0.4, 0.5) is 0 Å². The number of halogens is 2. The molecule has 1 aliphatic rings. The van der Waals surface area contributed by atoms with E-state index in [2.05, 4.69) is 10.6 Å². The van der Waals surface area contributed by atoms with E-state index in [0.717, 1.165) is 16.7 Å². The van der Waals surface area contributed by atoms with Gasteiger partial charge in [0, 0.05) is 41.8 Å². The lowest BCUT2D eigenvalue weighted by atomic mass is 10.1. The van der Waals surface area contributed by atoms with Crippen LogP contribution in [0.2, 0.25) is 10.0 Å². The molecular formula is C25H30Cl2N4O2. The quantitative estimate of drug-likeness (QED) is 0.495. The molecule has 2 atom stereocenters. The number of nitrogens with one attached hydrogen (secondary N) is 2. The fourth-order valence-corrected chi connectivity index (χ4v) is 4.36. The van der Waals surface area contributed by atoms with E-state index in [0.29, 0.717) is 49.1 Å². The highest BCUT2D eigenvalue weighted by Gasteiger charge is 2.30. The van der Waals surface area contributed by atoms with Gasteiger partial charge in [0.2, 0.25) is 11.8 Å². The number of nitrogens with two attached hydrogens (primary N) is 1. The van der Waals surface area contributed by atoms with Crippen LogP contribution >= 0.6 is 23.2 Å². The largest absolute Gasteiger partial charge is 0.351 e. The molecule has 0 aliphatic carbocycles. The van der Waals surface area contributed by atoms with Crippen molar-refractivity contribution in [2.75, 3.05) is 19.6 Å². The molecule has 4 N–H and O–H groups in total. The standard InChI is InChI=1S/C25H30Cl2N4O2/c1-17-12-19(14-21(27)13-17)16-31-11-9-22(30-23(8-10-28)25(31)33)15-29-24(32)7-4-18-2-5-20(26)6-3-18/h2-7,12-14,22-23,30H,8-11,15-16,28H2,1H3,(H,29,32)/b7-4+. The van der Waals surface area contributed by atoms with Gasteiger partial charge in [-0.2, -0.15) is 0 Å². The highest BCUT2D eigenvalue weighted by Crippen LogP contribution is 2.19. The number of benzene rings is 2. The lowest BCUT2D eigenvalue weighted by Crippen LogP contribution is -2.49. The number of rotatable bonds is 8. The van der Waals surface area contributed by atoms with Crippen molar-refractivity contribution in [2.45, 2.75) is 38.4 Å². The smallest absolute Gasteiger partial charge is 0.244 e. The number of carbonyl (C=O) groups excluding carboxylic acids is 2. The average Bonchev–Trinajstić information content (AvgIpc) is 2.91. The van der Waals surface area contributed by atoms with Crippen molar-refractivity contribution in [3.8, 4) is 0 Å². The molecule has 1 heterocycles. The van der Waals surface area contributed by atoms with E-state index in [1.165, 1.54) is 6.08 Å². The van der Waals surface area contributed by atoms with E-state index in [9.17, 15) is 9.59 Å². The number of aryl methyl sites for hydroxylation is 1. The molecule has 0 radical (unpaired) electrons. The maximum Gasteiger partial charge on any atom is 0.244 e. The molecule has 0 saturated carbocycles. The van der Waals surface area contributed by atoms with Crippen LogP contribution < -0.4 is 16.4 Å². The SMILES string of the molecule is Cc1cc(Cl)cc(CN2CCC(CNC(=O)/C=C/c3ccc(Cl)cc3)NC(CCN)C2=O)c1. The second kappa shape index (κ2) is 12.2.